The molecule has 4 rings (SSSR count). The van der Waals surface area contributed by atoms with Crippen molar-refractivity contribution in [3.63, 3.8) is 0 Å². The number of rotatable bonds is 4. The van der Waals surface area contributed by atoms with Crippen LogP contribution in [-0.2, 0) is 4.74 Å². The van der Waals surface area contributed by atoms with Crippen molar-refractivity contribution in [3.8, 4) is 5.75 Å². The molecule has 2 aromatic heterocycles. The number of anilines is 2. The molecule has 10 heteroatoms. The van der Waals surface area contributed by atoms with E-state index in [1.807, 2.05) is 12.1 Å². The van der Waals surface area contributed by atoms with Crippen LogP contribution in [0, 0.1) is 0 Å². The third kappa shape index (κ3) is 4.90. The summed E-state index contributed by atoms with van der Waals surface area (Å²) in [5.74, 6) is 0.295. The number of hydrogen-bond acceptors (Lipinski definition) is 8. The molecule has 3 heterocycles. The number of methoxy groups -OCH3 is 1. The topological polar surface area (TPSA) is 111 Å². The highest BCUT2D eigenvalue weighted by Gasteiger charge is 2.24. The van der Waals surface area contributed by atoms with Crippen LogP contribution in [0.4, 0.5) is 16.3 Å². The molecule has 1 aromatic carbocycles. The predicted molar refractivity (Wildman–Crippen MR) is 125 cm³/mol. The van der Waals surface area contributed by atoms with Crippen LogP contribution in [0.1, 0.15) is 31.1 Å². The largest absolute Gasteiger partial charge is 0.496 e. The first kappa shape index (κ1) is 22.5. The average Bonchev–Trinajstić information content (AvgIpc) is 3.16. The lowest BCUT2D eigenvalue weighted by Crippen LogP contribution is -2.43. The van der Waals surface area contributed by atoms with Gasteiger partial charge in [0.2, 0.25) is 0 Å². The van der Waals surface area contributed by atoms with Gasteiger partial charge in [-0.3, -0.25) is 9.78 Å². The van der Waals surface area contributed by atoms with Crippen molar-refractivity contribution in [1.29, 1.82) is 0 Å². The number of amides is 1. The maximum absolute atomic E-state index is 13.1. The van der Waals surface area contributed by atoms with Crippen LogP contribution in [0.15, 0.2) is 36.7 Å². The lowest BCUT2D eigenvalue weighted by Gasteiger charge is -2.29. The van der Waals surface area contributed by atoms with Crippen molar-refractivity contribution in [2.45, 2.75) is 26.4 Å². The van der Waals surface area contributed by atoms with Gasteiger partial charge < -0.3 is 25.0 Å². The molecular weight excluding hydrogens is 424 g/mol. The molecule has 33 heavy (non-hydrogen) atoms. The molecule has 0 saturated carbocycles. The Balaban J connectivity index is 1.62. The number of carbonyl (C=O) groups is 2. The maximum atomic E-state index is 13.1. The molecule has 1 amide bonds. The summed E-state index contributed by atoms with van der Waals surface area (Å²) in [4.78, 5) is 32.1. The van der Waals surface area contributed by atoms with Crippen molar-refractivity contribution in [2.24, 2.45) is 0 Å². The summed E-state index contributed by atoms with van der Waals surface area (Å²) in [6.07, 6.45) is 2.42. The molecule has 1 aliphatic rings. The minimum Gasteiger partial charge on any atom is -0.496 e. The second-order valence-corrected chi connectivity index (χ2v) is 8.71. The highest BCUT2D eigenvalue weighted by atomic mass is 16.6. The van der Waals surface area contributed by atoms with E-state index < -0.39 is 17.6 Å². The van der Waals surface area contributed by atoms with Gasteiger partial charge in [0, 0.05) is 49.5 Å². The predicted octanol–water partition coefficient (Wildman–Crippen LogP) is 2.89. The molecule has 0 spiro atoms. The molecule has 174 valence electrons. The summed E-state index contributed by atoms with van der Waals surface area (Å²) in [5.41, 5.74) is 1.10. The molecule has 0 radical (unpaired) electrons. The summed E-state index contributed by atoms with van der Waals surface area (Å²) in [5, 5.41) is 11.0. The number of fused-ring (bicyclic) bond motifs is 1. The standard InChI is InChI=1S/C23H28N6O4/c1-23(2,3)33-22(31)29-18-14-25-8-7-16(18)20(27-29)26-21(30)17-6-5-15(13-19(17)32-4)28-11-9-24-10-12-28/h5-8,13-14,24H,9-12H2,1-4H3,(H,26,27,30). The van der Waals surface area contributed by atoms with Gasteiger partial charge in [-0.1, -0.05) is 0 Å². The first-order valence-electron chi connectivity index (χ1n) is 10.8. The summed E-state index contributed by atoms with van der Waals surface area (Å²) in [6, 6.07) is 7.19. The molecule has 10 nitrogen and oxygen atoms in total. The van der Waals surface area contributed by atoms with E-state index in [0.29, 0.717) is 22.2 Å². The lowest BCUT2D eigenvalue weighted by atomic mass is 10.1. The van der Waals surface area contributed by atoms with Gasteiger partial charge in [-0.05, 0) is 39.0 Å². The van der Waals surface area contributed by atoms with Gasteiger partial charge in [0.15, 0.2) is 5.82 Å². The van der Waals surface area contributed by atoms with E-state index in [0.717, 1.165) is 36.5 Å². The van der Waals surface area contributed by atoms with Gasteiger partial charge in [0.25, 0.3) is 5.91 Å². The van der Waals surface area contributed by atoms with Crippen molar-refractivity contribution in [3.05, 3.63) is 42.2 Å². The van der Waals surface area contributed by atoms with E-state index in [4.69, 9.17) is 9.47 Å². The Morgan fingerprint density at radius 2 is 1.91 bits per heavy atom. The van der Waals surface area contributed by atoms with Gasteiger partial charge in [-0.25, -0.2) is 4.79 Å². The van der Waals surface area contributed by atoms with E-state index >= 15 is 0 Å². The number of ether oxygens (including phenoxy) is 2. The van der Waals surface area contributed by atoms with Crippen LogP contribution in [0.5, 0.6) is 5.75 Å². The second kappa shape index (κ2) is 9.07. The molecule has 1 saturated heterocycles. The van der Waals surface area contributed by atoms with Gasteiger partial charge in [0.05, 0.1) is 18.9 Å². The first-order chi connectivity index (χ1) is 15.8. The van der Waals surface area contributed by atoms with Crippen molar-refractivity contribution in [1.82, 2.24) is 20.1 Å². The highest BCUT2D eigenvalue weighted by Crippen LogP contribution is 2.28. The Kier molecular flexibility index (Phi) is 6.19. The molecular formula is C23H28N6O4. The molecule has 3 aromatic rings. The number of hydrogen-bond donors (Lipinski definition) is 2. The molecule has 1 aliphatic heterocycles. The van der Waals surface area contributed by atoms with Gasteiger partial charge in [0.1, 0.15) is 16.9 Å². The molecule has 0 atom stereocenters. The fraction of sp³-hybridized carbons (Fsp3) is 0.391. The van der Waals surface area contributed by atoms with Gasteiger partial charge in [-0.15, -0.1) is 5.10 Å². The van der Waals surface area contributed by atoms with Crippen LogP contribution in [0.2, 0.25) is 0 Å². The number of piperazine rings is 1. The number of benzene rings is 1. The summed E-state index contributed by atoms with van der Waals surface area (Å²) in [7, 11) is 1.53. The lowest BCUT2D eigenvalue weighted by molar-refractivity contribution is 0.0522. The Bertz CT molecular complexity index is 1180. The van der Waals surface area contributed by atoms with Crippen LogP contribution >= 0.6 is 0 Å². The molecule has 0 unspecified atom stereocenters. The fourth-order valence-electron chi connectivity index (χ4n) is 3.66. The van der Waals surface area contributed by atoms with Gasteiger partial charge >= 0.3 is 6.09 Å². The summed E-state index contributed by atoms with van der Waals surface area (Å²) in [6.45, 7) is 8.91. The van der Waals surface area contributed by atoms with Crippen LogP contribution < -0.4 is 20.3 Å². The number of nitrogens with one attached hydrogen (secondary N) is 2. The quantitative estimate of drug-likeness (QED) is 0.622. The van der Waals surface area contributed by atoms with Crippen LogP contribution in [0.3, 0.4) is 0 Å². The van der Waals surface area contributed by atoms with Crippen molar-refractivity contribution in [2.75, 3.05) is 43.5 Å². The minimum atomic E-state index is -0.694. The zero-order chi connectivity index (χ0) is 23.6. The Hall–Kier alpha value is -3.66. The molecule has 0 bridgehead atoms. The number of pyridine rings is 1. The third-order valence-electron chi connectivity index (χ3n) is 5.19. The van der Waals surface area contributed by atoms with E-state index in [1.54, 1.807) is 39.1 Å². The fourth-order valence-corrected chi connectivity index (χ4v) is 3.66. The monoisotopic (exact) mass is 452 g/mol. The second-order valence-electron chi connectivity index (χ2n) is 8.71. The molecule has 0 aliphatic carbocycles. The average molecular weight is 453 g/mol. The SMILES string of the molecule is COc1cc(N2CCNCC2)ccc1C(=O)Nc1nn(C(=O)OC(C)(C)C)c2cnccc12. The zero-order valence-electron chi connectivity index (χ0n) is 19.2. The van der Waals surface area contributed by atoms with Crippen LogP contribution in [-0.4, -0.2) is 65.7 Å². The van der Waals surface area contributed by atoms with Crippen molar-refractivity contribution >= 4 is 34.4 Å². The third-order valence-corrected chi connectivity index (χ3v) is 5.19. The van der Waals surface area contributed by atoms with E-state index in [1.165, 1.54) is 13.3 Å². The summed E-state index contributed by atoms with van der Waals surface area (Å²) >= 11 is 0. The Labute approximate surface area is 191 Å². The first-order valence-corrected chi connectivity index (χ1v) is 10.8. The Morgan fingerprint density at radius 1 is 1.15 bits per heavy atom. The van der Waals surface area contributed by atoms with E-state index in [-0.39, 0.29) is 5.82 Å². The minimum absolute atomic E-state index is 0.233. The van der Waals surface area contributed by atoms with E-state index in [9.17, 15) is 9.59 Å². The normalized spacial score (nSPS) is 14.2. The van der Waals surface area contributed by atoms with Gasteiger partial charge in [-0.2, -0.15) is 4.68 Å². The molecule has 1 fully saturated rings. The van der Waals surface area contributed by atoms with Crippen molar-refractivity contribution < 1.29 is 19.1 Å². The molecule has 2 N–H and O–H groups in total. The number of carbonyl (C=O) groups excluding carboxylic acids is 2. The zero-order valence-corrected chi connectivity index (χ0v) is 19.2. The highest BCUT2D eigenvalue weighted by molar-refractivity contribution is 6.10. The van der Waals surface area contributed by atoms with Crippen LogP contribution in [0.25, 0.3) is 10.9 Å². The maximum Gasteiger partial charge on any atom is 0.435 e. The smallest absolute Gasteiger partial charge is 0.435 e. The van der Waals surface area contributed by atoms with E-state index in [2.05, 4.69) is 25.6 Å². The summed E-state index contributed by atoms with van der Waals surface area (Å²) < 4.78 is 12.0. The number of aromatic nitrogens is 3. The Morgan fingerprint density at radius 3 is 2.61 bits per heavy atom. The number of nitrogens with zero attached hydrogens (tertiary/aromatic N) is 4.